The van der Waals surface area contributed by atoms with Crippen LogP contribution >= 0.6 is 0 Å². The molecule has 168 valence electrons. The number of nitrogens with one attached hydrogen (secondary N) is 2. The van der Waals surface area contributed by atoms with Gasteiger partial charge in [0.15, 0.2) is 0 Å². The van der Waals surface area contributed by atoms with Gasteiger partial charge in [-0.15, -0.1) is 0 Å². The van der Waals surface area contributed by atoms with Crippen molar-refractivity contribution in [3.63, 3.8) is 0 Å². The third kappa shape index (κ3) is 4.94. The fourth-order valence-electron chi connectivity index (χ4n) is 4.07. The monoisotopic (exact) mass is 441 g/mol. The molecule has 0 fully saturated rings. The number of hydrogen-bond acceptors (Lipinski definition) is 4. The Labute approximate surface area is 192 Å². The molecule has 1 atom stereocenters. The Morgan fingerprint density at radius 3 is 2.58 bits per heavy atom. The molecule has 7 heteroatoms. The van der Waals surface area contributed by atoms with Crippen molar-refractivity contribution in [3.8, 4) is 11.1 Å². The molecule has 1 aromatic heterocycles. The summed E-state index contributed by atoms with van der Waals surface area (Å²) in [5.41, 5.74) is 6.59. The van der Waals surface area contributed by atoms with Crippen molar-refractivity contribution in [3.05, 3.63) is 89.7 Å². The summed E-state index contributed by atoms with van der Waals surface area (Å²) in [7, 11) is 1.89. The number of hydrazine groups is 1. The second-order valence-electron chi connectivity index (χ2n) is 8.11. The predicted octanol–water partition coefficient (Wildman–Crippen LogP) is 3.65. The van der Waals surface area contributed by atoms with Crippen LogP contribution in [0.2, 0.25) is 0 Å². The van der Waals surface area contributed by atoms with Crippen molar-refractivity contribution in [2.75, 3.05) is 0 Å². The molecule has 4 N–H and O–H groups in total. The van der Waals surface area contributed by atoms with Gasteiger partial charge in [-0.25, -0.2) is 5.84 Å². The van der Waals surface area contributed by atoms with Crippen molar-refractivity contribution in [1.82, 2.24) is 20.5 Å². The molecule has 3 aromatic carbocycles. The Bertz CT molecular complexity index is 1310. The molecule has 0 aliphatic carbocycles. The van der Waals surface area contributed by atoms with Crippen LogP contribution in [-0.2, 0) is 18.3 Å². The van der Waals surface area contributed by atoms with Gasteiger partial charge in [-0.05, 0) is 59.0 Å². The van der Waals surface area contributed by atoms with Crippen molar-refractivity contribution in [1.29, 1.82) is 0 Å². The topological polar surface area (TPSA) is 102 Å². The third-order valence-electron chi connectivity index (χ3n) is 5.79. The maximum atomic E-state index is 13.2. The summed E-state index contributed by atoms with van der Waals surface area (Å²) in [5, 5.41) is 9.63. The van der Waals surface area contributed by atoms with Crippen LogP contribution in [0.15, 0.2) is 73.1 Å². The Balaban J connectivity index is 1.64. The molecule has 2 amide bonds. The van der Waals surface area contributed by atoms with Crippen LogP contribution in [0.4, 0.5) is 0 Å². The Hall–Kier alpha value is -3.97. The van der Waals surface area contributed by atoms with Gasteiger partial charge >= 0.3 is 0 Å². The molecule has 1 heterocycles. The van der Waals surface area contributed by atoms with Crippen molar-refractivity contribution in [2.45, 2.75) is 25.8 Å². The lowest BCUT2D eigenvalue weighted by molar-refractivity contribution is -0.121. The van der Waals surface area contributed by atoms with Gasteiger partial charge in [-0.1, -0.05) is 42.5 Å². The Morgan fingerprint density at radius 1 is 1.06 bits per heavy atom. The molecule has 0 aliphatic rings. The van der Waals surface area contributed by atoms with Gasteiger partial charge in [-0.3, -0.25) is 19.7 Å². The lowest BCUT2D eigenvalue weighted by atomic mass is 9.94. The number of amides is 2. The third-order valence-corrected chi connectivity index (χ3v) is 5.79. The quantitative estimate of drug-likeness (QED) is 0.231. The molecule has 0 spiro atoms. The standard InChI is InChI=1S/C26H27N5O2/c1-17(29-26(33)23-10-6-3-7-18(23)11-12-25(32)30-27)24-14-20(21-15-28-31(2)16-21)13-19-8-4-5-9-22(19)24/h3-10,13-17H,11-12,27H2,1-2H3,(H,29,33)(H,30,32). The highest BCUT2D eigenvalue weighted by molar-refractivity contribution is 5.97. The lowest BCUT2D eigenvalue weighted by Gasteiger charge is -2.19. The van der Waals surface area contributed by atoms with E-state index in [0.29, 0.717) is 12.0 Å². The summed E-state index contributed by atoms with van der Waals surface area (Å²) in [6.07, 6.45) is 4.46. The van der Waals surface area contributed by atoms with E-state index in [1.165, 1.54) is 0 Å². The average Bonchev–Trinajstić information content (AvgIpc) is 3.28. The number of nitrogens with two attached hydrogens (primary N) is 1. The summed E-state index contributed by atoms with van der Waals surface area (Å²) < 4.78 is 1.78. The zero-order valence-corrected chi connectivity index (χ0v) is 18.7. The summed E-state index contributed by atoms with van der Waals surface area (Å²) in [6.45, 7) is 1.98. The van der Waals surface area contributed by atoms with Gasteiger partial charge in [-0.2, -0.15) is 5.10 Å². The van der Waals surface area contributed by atoms with Crippen LogP contribution in [-0.4, -0.2) is 21.6 Å². The zero-order valence-electron chi connectivity index (χ0n) is 18.7. The first-order chi connectivity index (χ1) is 16.0. The molecule has 7 nitrogen and oxygen atoms in total. The summed E-state index contributed by atoms with van der Waals surface area (Å²) >= 11 is 0. The van der Waals surface area contributed by atoms with E-state index < -0.39 is 0 Å². The van der Waals surface area contributed by atoms with Crippen LogP contribution in [0.25, 0.3) is 21.9 Å². The first-order valence-corrected chi connectivity index (χ1v) is 10.9. The SMILES string of the molecule is CC(NC(=O)c1ccccc1CCC(=O)NN)c1cc(-c2cnn(C)c2)cc2ccccc12. The van der Waals surface area contributed by atoms with Crippen LogP contribution < -0.4 is 16.6 Å². The van der Waals surface area contributed by atoms with Crippen LogP contribution in [0.3, 0.4) is 0 Å². The van der Waals surface area contributed by atoms with Gasteiger partial charge in [0.05, 0.1) is 12.2 Å². The van der Waals surface area contributed by atoms with E-state index in [9.17, 15) is 9.59 Å². The minimum Gasteiger partial charge on any atom is -0.345 e. The van der Waals surface area contributed by atoms with E-state index in [1.54, 1.807) is 10.7 Å². The average molecular weight is 442 g/mol. The largest absolute Gasteiger partial charge is 0.345 e. The van der Waals surface area contributed by atoms with Gasteiger partial charge in [0.25, 0.3) is 5.91 Å². The minimum atomic E-state index is -0.266. The fourth-order valence-corrected chi connectivity index (χ4v) is 4.07. The zero-order chi connectivity index (χ0) is 23.4. The molecule has 0 saturated carbocycles. The first-order valence-electron chi connectivity index (χ1n) is 10.9. The van der Waals surface area contributed by atoms with Gasteiger partial charge in [0.1, 0.15) is 0 Å². The van der Waals surface area contributed by atoms with E-state index in [1.807, 2.05) is 56.7 Å². The maximum Gasteiger partial charge on any atom is 0.252 e. The van der Waals surface area contributed by atoms with Crippen LogP contribution in [0.1, 0.15) is 40.9 Å². The smallest absolute Gasteiger partial charge is 0.252 e. The summed E-state index contributed by atoms with van der Waals surface area (Å²) in [4.78, 5) is 24.8. The second-order valence-corrected chi connectivity index (χ2v) is 8.11. The number of benzene rings is 3. The number of aryl methyl sites for hydroxylation is 2. The first kappa shape index (κ1) is 22.2. The molecule has 1 unspecified atom stereocenters. The molecule has 0 bridgehead atoms. The van der Waals surface area contributed by atoms with Crippen LogP contribution in [0, 0.1) is 0 Å². The van der Waals surface area contributed by atoms with Crippen molar-refractivity contribution >= 4 is 22.6 Å². The van der Waals surface area contributed by atoms with Gasteiger partial charge < -0.3 is 5.32 Å². The Kier molecular flexibility index (Phi) is 6.51. The van der Waals surface area contributed by atoms with Gasteiger partial charge in [0.2, 0.25) is 5.91 Å². The number of nitrogens with zero attached hydrogens (tertiary/aromatic N) is 2. The molecule has 0 saturated heterocycles. The highest BCUT2D eigenvalue weighted by Gasteiger charge is 2.18. The summed E-state index contributed by atoms with van der Waals surface area (Å²) in [5.74, 6) is 4.74. The number of aromatic nitrogens is 2. The summed E-state index contributed by atoms with van der Waals surface area (Å²) in [6, 6.07) is 19.5. The molecule has 0 aliphatic heterocycles. The fraction of sp³-hybridized carbons (Fsp3) is 0.192. The van der Waals surface area contributed by atoms with Crippen molar-refractivity contribution in [2.24, 2.45) is 12.9 Å². The molecule has 0 radical (unpaired) electrons. The van der Waals surface area contributed by atoms with E-state index in [-0.39, 0.29) is 24.3 Å². The van der Waals surface area contributed by atoms with Crippen molar-refractivity contribution < 1.29 is 9.59 Å². The van der Waals surface area contributed by atoms with E-state index in [4.69, 9.17) is 5.84 Å². The number of carbonyl (C=O) groups excluding carboxylic acids is 2. The molecular weight excluding hydrogens is 414 g/mol. The van der Waals surface area contributed by atoms with Crippen LogP contribution in [0.5, 0.6) is 0 Å². The number of hydrogen-bond donors (Lipinski definition) is 3. The normalized spacial score (nSPS) is 11.8. The molecular formula is C26H27N5O2. The lowest BCUT2D eigenvalue weighted by Crippen LogP contribution is -2.30. The molecule has 33 heavy (non-hydrogen) atoms. The van der Waals surface area contributed by atoms with E-state index >= 15 is 0 Å². The van der Waals surface area contributed by atoms with E-state index in [2.05, 4.69) is 40.1 Å². The maximum absolute atomic E-state index is 13.2. The van der Waals surface area contributed by atoms with E-state index in [0.717, 1.165) is 33.0 Å². The number of carbonyl (C=O) groups is 2. The minimum absolute atomic E-state index is 0.179. The Morgan fingerprint density at radius 2 is 1.82 bits per heavy atom. The number of rotatable bonds is 7. The van der Waals surface area contributed by atoms with Gasteiger partial charge in [0, 0.05) is 30.8 Å². The number of fused-ring (bicyclic) bond motifs is 1. The predicted molar refractivity (Wildman–Crippen MR) is 129 cm³/mol. The molecule has 4 aromatic rings. The molecule has 4 rings (SSSR count). The second kappa shape index (κ2) is 9.67. The highest BCUT2D eigenvalue weighted by Crippen LogP contribution is 2.31. The highest BCUT2D eigenvalue weighted by atomic mass is 16.2.